The Morgan fingerprint density at radius 3 is 1.37 bits per heavy atom. The SMILES string of the molecule is Cc1cc[c-]cc1.[Pt+2].[c-]1cccc2ccc3cccnc3c12.c1ccc(P(CP(c2ccccc2)c2ccccc2)c2ccccc2)cc1. The van der Waals surface area contributed by atoms with E-state index in [2.05, 4.69) is 170 Å². The predicted molar refractivity (Wildman–Crippen MR) is 211 cm³/mol. The molecule has 0 amide bonds. The Balaban J connectivity index is 0.000000176. The van der Waals surface area contributed by atoms with Gasteiger partial charge in [0, 0.05) is 12.1 Å². The predicted octanol–water partition coefficient (Wildman–Crippen LogP) is 10.2. The number of benzene rings is 7. The monoisotopic (exact) mass is 848 g/mol. The zero-order chi connectivity index (χ0) is 32.8. The van der Waals surface area contributed by atoms with Crippen molar-refractivity contribution in [2.45, 2.75) is 6.92 Å². The Bertz CT molecular complexity index is 1900. The number of fused-ring (bicyclic) bond motifs is 3. The van der Waals surface area contributed by atoms with Gasteiger partial charge >= 0.3 is 21.1 Å². The molecule has 1 nitrogen and oxygen atoms in total. The first-order valence-corrected chi connectivity index (χ1v) is 19.1. The summed E-state index contributed by atoms with van der Waals surface area (Å²) in [4.78, 5) is 4.38. The topological polar surface area (TPSA) is 12.9 Å². The summed E-state index contributed by atoms with van der Waals surface area (Å²) in [6, 6.07) is 72.4. The minimum Gasteiger partial charge on any atom is -0.304 e. The molecule has 1 heterocycles. The molecule has 0 bridgehead atoms. The molecule has 0 aliphatic carbocycles. The standard InChI is InChI=1S/C25H22P2.C13H8N.C7H7.Pt/c1-5-13-22(14-6-1)26(23-15-7-2-8-16-23)21-27(24-17-9-3-10-18-24)25-19-11-4-12-20-25;1-2-6-12-10(4-1)7-8-11-5-3-9-14-13(11)12;1-7-5-3-2-4-6-7;/h1-20H,21H2;1-5,7-9H;3-6H,1H3;/q;2*-1;+2. The molecule has 0 saturated carbocycles. The molecule has 0 saturated heterocycles. The second-order valence-corrected chi connectivity index (χ2v) is 16.1. The molecule has 0 radical (unpaired) electrons. The molecule has 242 valence electrons. The first kappa shape index (κ1) is 36.0. The van der Waals surface area contributed by atoms with E-state index in [1.165, 1.54) is 43.5 Å². The van der Waals surface area contributed by atoms with Crippen molar-refractivity contribution in [1.29, 1.82) is 0 Å². The van der Waals surface area contributed by atoms with Gasteiger partial charge in [-0.3, -0.25) is 0 Å². The number of nitrogens with zero attached hydrogens (tertiary/aromatic N) is 1. The van der Waals surface area contributed by atoms with Crippen molar-refractivity contribution in [2.24, 2.45) is 0 Å². The van der Waals surface area contributed by atoms with Gasteiger partial charge in [-0.05, 0) is 54.0 Å². The van der Waals surface area contributed by atoms with Crippen LogP contribution in [0, 0.1) is 19.1 Å². The van der Waals surface area contributed by atoms with Crippen LogP contribution in [0.15, 0.2) is 194 Å². The molecule has 1 aromatic heterocycles. The zero-order valence-electron chi connectivity index (χ0n) is 27.3. The summed E-state index contributed by atoms with van der Waals surface area (Å²) < 4.78 is 0. The van der Waals surface area contributed by atoms with Crippen molar-refractivity contribution in [3.8, 4) is 0 Å². The van der Waals surface area contributed by atoms with E-state index in [0.717, 1.165) is 10.9 Å². The Labute approximate surface area is 307 Å². The van der Waals surface area contributed by atoms with E-state index in [0.29, 0.717) is 0 Å². The van der Waals surface area contributed by atoms with Crippen LogP contribution >= 0.6 is 15.8 Å². The van der Waals surface area contributed by atoms with Crippen molar-refractivity contribution < 1.29 is 21.1 Å². The van der Waals surface area contributed by atoms with Crippen LogP contribution < -0.4 is 21.2 Å². The molecule has 0 unspecified atom stereocenters. The molecule has 0 spiro atoms. The summed E-state index contributed by atoms with van der Waals surface area (Å²) in [5.74, 6) is 1.17. The third-order valence-corrected chi connectivity index (χ3v) is 13.8. The minimum absolute atomic E-state index is 0. The summed E-state index contributed by atoms with van der Waals surface area (Å²) in [5, 5.41) is 9.29. The summed E-state index contributed by atoms with van der Waals surface area (Å²) in [6.07, 6.45) is 1.82. The Morgan fingerprint density at radius 2 is 0.918 bits per heavy atom. The van der Waals surface area contributed by atoms with Crippen LogP contribution in [0.4, 0.5) is 0 Å². The van der Waals surface area contributed by atoms with E-state index in [4.69, 9.17) is 0 Å². The smallest absolute Gasteiger partial charge is 0.304 e. The number of aromatic nitrogens is 1. The van der Waals surface area contributed by atoms with Crippen LogP contribution in [0.25, 0.3) is 21.7 Å². The van der Waals surface area contributed by atoms with Crippen molar-refractivity contribution in [3.63, 3.8) is 0 Å². The quantitative estimate of drug-likeness (QED) is 0.0923. The van der Waals surface area contributed by atoms with E-state index in [9.17, 15) is 0 Å². The van der Waals surface area contributed by atoms with Gasteiger partial charge < -0.3 is 4.98 Å². The molecule has 0 N–H and O–H groups in total. The largest absolute Gasteiger partial charge is 2.00 e. The van der Waals surface area contributed by atoms with Gasteiger partial charge in [-0.25, -0.2) is 0 Å². The minimum atomic E-state index is -0.409. The normalized spacial score (nSPS) is 10.4. The van der Waals surface area contributed by atoms with Crippen molar-refractivity contribution in [3.05, 3.63) is 212 Å². The van der Waals surface area contributed by atoms with E-state index in [1.807, 2.05) is 48.7 Å². The second kappa shape index (κ2) is 19.1. The molecule has 0 atom stereocenters. The van der Waals surface area contributed by atoms with Crippen LogP contribution in [0.5, 0.6) is 0 Å². The fraction of sp³-hybridized carbons (Fsp3) is 0.0444. The fourth-order valence-corrected chi connectivity index (χ4v) is 11.9. The third kappa shape index (κ3) is 10.1. The number of aryl methyl sites for hydroxylation is 1. The molecular weight excluding hydrogens is 812 g/mol. The maximum Gasteiger partial charge on any atom is 2.00 e. The summed E-state index contributed by atoms with van der Waals surface area (Å²) in [5.41, 5.74) is 2.32. The molecule has 7 aromatic carbocycles. The van der Waals surface area contributed by atoms with Gasteiger partial charge in [-0.2, -0.15) is 35.9 Å². The Morgan fingerprint density at radius 1 is 0.469 bits per heavy atom. The molecule has 0 aliphatic rings. The maximum atomic E-state index is 4.38. The molecule has 4 heteroatoms. The van der Waals surface area contributed by atoms with Crippen molar-refractivity contribution in [2.75, 3.05) is 5.90 Å². The first-order valence-electron chi connectivity index (χ1n) is 16.1. The van der Waals surface area contributed by atoms with E-state index < -0.39 is 15.8 Å². The van der Waals surface area contributed by atoms with Crippen LogP contribution in [-0.2, 0) is 21.1 Å². The van der Waals surface area contributed by atoms with E-state index in [-0.39, 0.29) is 21.1 Å². The van der Waals surface area contributed by atoms with E-state index in [1.54, 1.807) is 0 Å². The number of hydrogen-bond acceptors (Lipinski definition) is 1. The van der Waals surface area contributed by atoms with Crippen LogP contribution in [0.2, 0.25) is 0 Å². The molecular formula is C45H37NP2Pt. The van der Waals surface area contributed by atoms with Gasteiger partial charge in [-0.1, -0.05) is 146 Å². The number of hydrogen-bond donors (Lipinski definition) is 0. The zero-order valence-corrected chi connectivity index (χ0v) is 31.4. The number of pyridine rings is 1. The van der Waals surface area contributed by atoms with Crippen molar-refractivity contribution in [1.82, 2.24) is 4.98 Å². The first-order chi connectivity index (χ1) is 23.8. The average Bonchev–Trinajstić information content (AvgIpc) is 3.17. The molecule has 49 heavy (non-hydrogen) atoms. The molecule has 0 fully saturated rings. The summed E-state index contributed by atoms with van der Waals surface area (Å²) >= 11 is 0. The number of rotatable bonds is 6. The third-order valence-electron chi connectivity index (χ3n) is 7.85. The van der Waals surface area contributed by atoms with Gasteiger partial charge in [0.15, 0.2) is 0 Å². The molecule has 0 aliphatic heterocycles. The van der Waals surface area contributed by atoms with Gasteiger partial charge in [0.05, 0.1) is 0 Å². The van der Waals surface area contributed by atoms with Gasteiger partial charge in [-0.15, -0.1) is 35.0 Å². The Kier molecular flexibility index (Phi) is 14.0. The molecule has 8 aromatic rings. The van der Waals surface area contributed by atoms with E-state index >= 15 is 0 Å². The summed E-state index contributed by atoms with van der Waals surface area (Å²) in [6.45, 7) is 2.06. The Hall–Kier alpha value is -4.24. The maximum absolute atomic E-state index is 4.38. The average molecular weight is 849 g/mol. The van der Waals surface area contributed by atoms with Gasteiger partial charge in [0.25, 0.3) is 0 Å². The van der Waals surface area contributed by atoms with Gasteiger partial charge in [0.2, 0.25) is 0 Å². The fourth-order valence-electron chi connectivity index (χ4n) is 5.40. The van der Waals surface area contributed by atoms with Crippen LogP contribution in [0.1, 0.15) is 5.56 Å². The van der Waals surface area contributed by atoms with Crippen molar-refractivity contribution >= 4 is 58.7 Å². The second-order valence-electron chi connectivity index (χ2n) is 11.2. The van der Waals surface area contributed by atoms with Crippen LogP contribution in [0.3, 0.4) is 0 Å². The van der Waals surface area contributed by atoms with Crippen LogP contribution in [-0.4, -0.2) is 10.9 Å². The summed E-state index contributed by atoms with van der Waals surface area (Å²) in [7, 11) is -0.817. The van der Waals surface area contributed by atoms with Gasteiger partial charge in [0.1, 0.15) is 0 Å². The molecule has 8 rings (SSSR count).